The van der Waals surface area contributed by atoms with Gasteiger partial charge in [-0.25, -0.2) is 0 Å². The van der Waals surface area contributed by atoms with Crippen molar-refractivity contribution in [3.63, 3.8) is 0 Å². The fourth-order valence-electron chi connectivity index (χ4n) is 2.02. The first-order valence-electron chi connectivity index (χ1n) is 6.98. The van der Waals surface area contributed by atoms with E-state index in [-0.39, 0.29) is 17.5 Å². The van der Waals surface area contributed by atoms with Crippen molar-refractivity contribution in [1.29, 1.82) is 0 Å². The van der Waals surface area contributed by atoms with Crippen molar-refractivity contribution in [3.05, 3.63) is 29.3 Å². The van der Waals surface area contributed by atoms with Gasteiger partial charge in [-0.15, -0.1) is 0 Å². The maximum Gasteiger partial charge on any atom is 0.306 e. The topological polar surface area (TPSA) is 69.7 Å². The highest BCUT2D eigenvalue weighted by molar-refractivity contribution is 6.29. The van der Waals surface area contributed by atoms with Gasteiger partial charge < -0.3 is 9.47 Å². The van der Waals surface area contributed by atoms with E-state index in [1.54, 1.807) is 19.1 Å². The van der Waals surface area contributed by atoms with Crippen LogP contribution < -0.4 is 4.74 Å². The lowest BCUT2D eigenvalue weighted by Gasteiger charge is -2.09. The average molecular weight is 290 g/mol. The Morgan fingerprint density at radius 2 is 1.86 bits per heavy atom. The van der Waals surface area contributed by atoms with Gasteiger partial charge in [-0.05, 0) is 24.1 Å². The van der Waals surface area contributed by atoms with Gasteiger partial charge in [-0.2, -0.15) is 0 Å². The Kier molecular flexibility index (Phi) is 4.40. The van der Waals surface area contributed by atoms with Gasteiger partial charge in [0.25, 0.3) is 0 Å². The summed E-state index contributed by atoms with van der Waals surface area (Å²) in [6.07, 6.45) is -1.22. The first-order valence-corrected chi connectivity index (χ1v) is 6.98. The maximum absolute atomic E-state index is 12.2. The molecule has 0 radical (unpaired) electrons. The Hall–Kier alpha value is -2.17. The van der Waals surface area contributed by atoms with E-state index >= 15 is 0 Å². The molecule has 0 N–H and O–H groups in total. The number of benzene rings is 1. The van der Waals surface area contributed by atoms with E-state index in [2.05, 4.69) is 0 Å². The molecule has 21 heavy (non-hydrogen) atoms. The van der Waals surface area contributed by atoms with Crippen LogP contribution in [0.2, 0.25) is 0 Å². The van der Waals surface area contributed by atoms with E-state index in [1.165, 1.54) is 6.07 Å². The molecule has 112 valence electrons. The zero-order chi connectivity index (χ0) is 15.6. The van der Waals surface area contributed by atoms with Crippen LogP contribution in [0.25, 0.3) is 0 Å². The van der Waals surface area contributed by atoms with E-state index < -0.39 is 23.6 Å². The Morgan fingerprint density at radius 1 is 1.19 bits per heavy atom. The molecule has 1 aromatic rings. The molecule has 1 aliphatic rings. The average Bonchev–Trinajstić information content (AvgIpc) is 2.69. The van der Waals surface area contributed by atoms with Gasteiger partial charge in [-0.3, -0.25) is 14.4 Å². The van der Waals surface area contributed by atoms with Crippen molar-refractivity contribution in [2.75, 3.05) is 6.61 Å². The van der Waals surface area contributed by atoms with Crippen LogP contribution in [0.1, 0.15) is 47.9 Å². The smallest absolute Gasteiger partial charge is 0.306 e. The Morgan fingerprint density at radius 3 is 2.48 bits per heavy atom. The van der Waals surface area contributed by atoms with Crippen LogP contribution in [0.3, 0.4) is 0 Å². The Balaban J connectivity index is 2.21. The van der Waals surface area contributed by atoms with Crippen LogP contribution >= 0.6 is 0 Å². The third kappa shape index (κ3) is 3.12. The Bertz CT molecular complexity index is 588. The molecule has 0 aliphatic heterocycles. The Labute approximate surface area is 123 Å². The van der Waals surface area contributed by atoms with Crippen LogP contribution in [0.4, 0.5) is 0 Å². The standard InChI is InChI=1S/C16H18O5/c1-4-13(17)21-16-14(18)11-6-5-10(20-8-9(2)3)7-12(11)15(16)19/h5-7,9,16H,4,8H2,1-3H3. The minimum absolute atomic E-state index is 0.121. The molecule has 0 spiro atoms. The summed E-state index contributed by atoms with van der Waals surface area (Å²) in [5.74, 6) is -0.621. The second-order valence-corrected chi connectivity index (χ2v) is 5.36. The predicted octanol–water partition coefficient (Wildman–Crippen LogP) is 2.42. The van der Waals surface area contributed by atoms with Crippen molar-refractivity contribution < 1.29 is 23.9 Å². The van der Waals surface area contributed by atoms with Crippen LogP contribution in [0.5, 0.6) is 5.75 Å². The predicted molar refractivity (Wildman–Crippen MR) is 75.6 cm³/mol. The summed E-state index contributed by atoms with van der Waals surface area (Å²) in [4.78, 5) is 35.6. The molecule has 0 saturated heterocycles. The van der Waals surface area contributed by atoms with Crippen LogP contribution in [0.15, 0.2) is 18.2 Å². The van der Waals surface area contributed by atoms with Crippen molar-refractivity contribution >= 4 is 17.5 Å². The van der Waals surface area contributed by atoms with E-state index in [4.69, 9.17) is 9.47 Å². The number of rotatable bonds is 5. The molecule has 2 rings (SSSR count). The summed E-state index contributed by atoms with van der Waals surface area (Å²) in [6, 6.07) is 4.74. The number of Topliss-reactive ketones (excluding diaryl/α,β-unsaturated/α-hetero) is 2. The summed E-state index contributed by atoms with van der Waals surface area (Å²) in [6.45, 7) is 6.16. The second kappa shape index (κ2) is 6.08. The highest BCUT2D eigenvalue weighted by Crippen LogP contribution is 2.28. The third-order valence-corrected chi connectivity index (χ3v) is 3.12. The van der Waals surface area contributed by atoms with E-state index in [0.29, 0.717) is 18.3 Å². The van der Waals surface area contributed by atoms with Gasteiger partial charge in [-0.1, -0.05) is 20.8 Å². The van der Waals surface area contributed by atoms with E-state index in [1.807, 2.05) is 13.8 Å². The van der Waals surface area contributed by atoms with Crippen LogP contribution in [-0.2, 0) is 9.53 Å². The lowest BCUT2D eigenvalue weighted by atomic mass is 10.1. The van der Waals surface area contributed by atoms with Gasteiger partial charge in [0, 0.05) is 17.5 Å². The minimum atomic E-state index is -1.34. The van der Waals surface area contributed by atoms with Crippen molar-refractivity contribution in [2.24, 2.45) is 5.92 Å². The molecule has 0 aromatic heterocycles. The van der Waals surface area contributed by atoms with Crippen molar-refractivity contribution in [3.8, 4) is 5.75 Å². The number of esters is 1. The summed E-state index contributed by atoms with van der Waals surface area (Å²) in [5.41, 5.74) is 0.543. The zero-order valence-electron chi connectivity index (χ0n) is 12.3. The number of ether oxygens (including phenoxy) is 2. The highest BCUT2D eigenvalue weighted by atomic mass is 16.6. The lowest BCUT2D eigenvalue weighted by molar-refractivity contribution is -0.144. The van der Waals surface area contributed by atoms with Gasteiger partial charge in [0.05, 0.1) is 6.61 Å². The summed E-state index contributed by atoms with van der Waals surface area (Å²) >= 11 is 0. The maximum atomic E-state index is 12.2. The van der Waals surface area contributed by atoms with E-state index in [0.717, 1.165) is 0 Å². The van der Waals surface area contributed by atoms with Crippen LogP contribution in [-0.4, -0.2) is 30.2 Å². The van der Waals surface area contributed by atoms with Crippen molar-refractivity contribution in [2.45, 2.75) is 33.3 Å². The first kappa shape index (κ1) is 15.2. The molecule has 1 aliphatic carbocycles. The molecule has 0 amide bonds. The molecular formula is C16H18O5. The van der Waals surface area contributed by atoms with Gasteiger partial charge in [0.1, 0.15) is 5.75 Å². The molecule has 0 saturated carbocycles. The molecule has 0 fully saturated rings. The van der Waals surface area contributed by atoms with Crippen molar-refractivity contribution in [1.82, 2.24) is 0 Å². The number of hydrogen-bond donors (Lipinski definition) is 0. The largest absolute Gasteiger partial charge is 0.493 e. The summed E-state index contributed by atoms with van der Waals surface area (Å²) < 4.78 is 10.5. The van der Waals surface area contributed by atoms with Gasteiger partial charge >= 0.3 is 5.97 Å². The normalized spacial score (nSPS) is 17.0. The summed E-state index contributed by atoms with van der Waals surface area (Å²) in [7, 11) is 0. The number of ketones is 2. The van der Waals surface area contributed by atoms with E-state index in [9.17, 15) is 14.4 Å². The quantitative estimate of drug-likeness (QED) is 0.615. The number of carbonyl (C=O) groups is 3. The molecular weight excluding hydrogens is 272 g/mol. The zero-order valence-corrected chi connectivity index (χ0v) is 12.3. The number of hydrogen-bond acceptors (Lipinski definition) is 5. The molecule has 1 unspecified atom stereocenters. The SMILES string of the molecule is CCC(=O)OC1C(=O)c2ccc(OCC(C)C)cc2C1=O. The molecule has 0 heterocycles. The molecule has 0 bridgehead atoms. The fraction of sp³-hybridized carbons (Fsp3) is 0.438. The third-order valence-electron chi connectivity index (χ3n) is 3.12. The first-order chi connectivity index (χ1) is 9.93. The fourth-order valence-corrected chi connectivity index (χ4v) is 2.02. The molecule has 5 nitrogen and oxygen atoms in total. The summed E-state index contributed by atoms with van der Waals surface area (Å²) in [5, 5.41) is 0. The number of carbonyl (C=O) groups excluding carboxylic acids is 3. The monoisotopic (exact) mass is 290 g/mol. The lowest BCUT2D eigenvalue weighted by Crippen LogP contribution is -2.28. The molecule has 1 aromatic carbocycles. The second-order valence-electron chi connectivity index (χ2n) is 5.36. The molecule has 5 heteroatoms. The van der Waals surface area contributed by atoms with Crippen LogP contribution in [0, 0.1) is 5.92 Å². The number of fused-ring (bicyclic) bond motifs is 1. The van der Waals surface area contributed by atoms with Gasteiger partial charge in [0.15, 0.2) is 0 Å². The highest BCUT2D eigenvalue weighted by Gasteiger charge is 2.41. The molecule has 1 atom stereocenters. The van der Waals surface area contributed by atoms with Gasteiger partial charge in [0.2, 0.25) is 17.7 Å². The minimum Gasteiger partial charge on any atom is -0.493 e.